The van der Waals surface area contributed by atoms with E-state index in [0.29, 0.717) is 18.4 Å². The summed E-state index contributed by atoms with van der Waals surface area (Å²) in [5.41, 5.74) is 15.4. The standard InChI is InChI=1S/C38H34N3O.C15H18GeN.Ir/c1-23(2)30-19-27(26-12-7-6-8-13-26)20-31(24(3)4)33(30)22-41-35-17-10-9-16-34(35)40-38(41)29-15-11-14-28-32-21-39-25(5)18-36(32)42-37(28)29;1-12-5-7-13(8-6-12)15-10-9-14(11-17-15)16(2,3)4;/h6-14,16-21,23-24H,22H2,1-5H3;5-7,9-11H,1-4H3;/q2*-1;. The van der Waals surface area contributed by atoms with Crippen molar-refractivity contribution in [3.63, 3.8) is 0 Å². The third kappa shape index (κ3) is 8.83. The third-order valence-corrected chi connectivity index (χ3v) is 15.4. The molecule has 0 saturated carbocycles. The van der Waals surface area contributed by atoms with E-state index in [2.05, 4.69) is 176 Å². The van der Waals surface area contributed by atoms with E-state index in [1.54, 1.807) is 0 Å². The smallest absolute Gasteiger partial charge is 0.124 e. The molecule has 0 saturated heterocycles. The van der Waals surface area contributed by atoms with Gasteiger partial charge < -0.3 is 8.98 Å². The van der Waals surface area contributed by atoms with Crippen molar-refractivity contribution < 1.29 is 24.5 Å². The second-order valence-electron chi connectivity index (χ2n) is 17.3. The van der Waals surface area contributed by atoms with Crippen LogP contribution in [0.15, 0.2) is 132 Å². The molecule has 5 aromatic carbocycles. The summed E-state index contributed by atoms with van der Waals surface area (Å²) in [6.07, 6.45) is 3.95. The monoisotopic (exact) mass is 1030 g/mol. The van der Waals surface area contributed by atoms with Crippen LogP contribution in [0, 0.1) is 26.0 Å². The van der Waals surface area contributed by atoms with Crippen molar-refractivity contribution in [3.05, 3.63) is 168 Å². The molecule has 0 aliphatic carbocycles. The molecule has 0 aliphatic heterocycles. The van der Waals surface area contributed by atoms with Crippen LogP contribution >= 0.6 is 0 Å². The van der Waals surface area contributed by atoms with E-state index in [1.807, 2.05) is 37.5 Å². The van der Waals surface area contributed by atoms with Gasteiger partial charge >= 0.3 is 106 Å². The predicted octanol–water partition coefficient (Wildman–Crippen LogP) is 13.5. The Balaban J connectivity index is 0.000000255. The predicted molar refractivity (Wildman–Crippen MR) is 249 cm³/mol. The Labute approximate surface area is 371 Å². The topological polar surface area (TPSA) is 56.7 Å². The van der Waals surface area contributed by atoms with Gasteiger partial charge in [-0.2, -0.15) is 0 Å². The number of rotatable bonds is 8. The van der Waals surface area contributed by atoms with Crippen molar-refractivity contribution >= 4 is 50.6 Å². The van der Waals surface area contributed by atoms with Gasteiger partial charge in [-0.05, 0) is 58.7 Å². The van der Waals surface area contributed by atoms with Crippen molar-refractivity contribution in [2.24, 2.45) is 0 Å². The van der Waals surface area contributed by atoms with E-state index in [1.165, 1.54) is 37.8 Å². The van der Waals surface area contributed by atoms with Crippen LogP contribution in [-0.2, 0) is 26.7 Å². The van der Waals surface area contributed by atoms with Crippen LogP contribution in [-0.4, -0.2) is 32.8 Å². The zero-order valence-corrected chi connectivity index (χ0v) is 40.5. The van der Waals surface area contributed by atoms with Gasteiger partial charge in [0.25, 0.3) is 0 Å². The van der Waals surface area contributed by atoms with Gasteiger partial charge in [-0.1, -0.05) is 93.2 Å². The summed E-state index contributed by atoms with van der Waals surface area (Å²) in [7, 11) is 0. The zero-order valence-electron chi connectivity index (χ0n) is 36.0. The van der Waals surface area contributed by atoms with E-state index >= 15 is 0 Å². The minimum Gasteiger partial charge on any atom is -0.500 e. The number of furan rings is 1. The number of aromatic nitrogens is 4. The number of imidazole rings is 1. The fourth-order valence-electron chi connectivity index (χ4n) is 7.87. The number of aryl methyl sites for hydroxylation is 2. The van der Waals surface area contributed by atoms with Gasteiger partial charge in [-0.3, -0.25) is 9.97 Å². The van der Waals surface area contributed by atoms with Crippen LogP contribution in [0.1, 0.15) is 67.5 Å². The van der Waals surface area contributed by atoms with Gasteiger partial charge in [0.2, 0.25) is 0 Å². The number of hydrogen-bond acceptors (Lipinski definition) is 4. The Morgan fingerprint density at radius 1 is 0.717 bits per heavy atom. The molecule has 7 heteroatoms. The molecule has 0 aliphatic rings. The normalized spacial score (nSPS) is 11.7. The summed E-state index contributed by atoms with van der Waals surface area (Å²) in [4.78, 5) is 14.3. The Bertz CT molecular complexity index is 2880. The molecule has 0 atom stereocenters. The molecule has 1 radical (unpaired) electrons. The fraction of sp³-hybridized carbons (Fsp3) is 0.226. The maximum atomic E-state index is 6.48. The van der Waals surface area contributed by atoms with Crippen LogP contribution in [0.25, 0.3) is 66.7 Å². The van der Waals surface area contributed by atoms with Crippen molar-refractivity contribution in [2.75, 3.05) is 0 Å². The summed E-state index contributed by atoms with van der Waals surface area (Å²) in [6.45, 7) is 13.9. The SMILES string of the molecule is Cc1c[c-]c(-c2cc[c]([Ge]([CH3])([CH3])[CH3])cn2)cc1.Cc1cc2oc3c(-c4nc5ccccc5n4Cc4c(C(C)C)cc(-c5ccccc5)cc4C(C)C)[c-]ccc3c2cn1.[Ir]. The van der Waals surface area contributed by atoms with Gasteiger partial charge in [0.15, 0.2) is 0 Å². The fourth-order valence-corrected chi connectivity index (χ4v) is 10.0. The molecule has 0 spiro atoms. The maximum absolute atomic E-state index is 6.48. The number of hydrogen-bond donors (Lipinski definition) is 0. The summed E-state index contributed by atoms with van der Waals surface area (Å²) in [5.74, 6) is 8.74. The molecule has 0 unspecified atom stereocenters. The number of pyridine rings is 2. The minimum atomic E-state index is -1.73. The molecule has 305 valence electrons. The summed E-state index contributed by atoms with van der Waals surface area (Å²) in [6, 6.07) is 47.2. The van der Waals surface area contributed by atoms with Gasteiger partial charge in [0.05, 0.1) is 22.4 Å². The summed E-state index contributed by atoms with van der Waals surface area (Å²) >= 11 is -1.73. The van der Waals surface area contributed by atoms with Crippen molar-refractivity contribution in [2.45, 2.75) is 77.2 Å². The van der Waals surface area contributed by atoms with Crippen LogP contribution < -0.4 is 4.40 Å². The molecular formula is C53H52GeIrN4O-2. The Morgan fingerprint density at radius 2 is 1.43 bits per heavy atom. The molecule has 9 rings (SSSR count). The second kappa shape index (κ2) is 17.8. The maximum Gasteiger partial charge on any atom is 0.124 e. The molecule has 5 nitrogen and oxygen atoms in total. The van der Waals surface area contributed by atoms with Gasteiger partial charge in [0.1, 0.15) is 5.58 Å². The first-order valence-corrected chi connectivity index (χ1v) is 28.0. The van der Waals surface area contributed by atoms with Crippen LogP contribution in [0.3, 0.4) is 0 Å². The number of benzene rings is 5. The van der Waals surface area contributed by atoms with Crippen molar-refractivity contribution in [3.8, 4) is 33.8 Å². The quantitative estimate of drug-likeness (QED) is 0.112. The van der Waals surface area contributed by atoms with Crippen molar-refractivity contribution in [1.82, 2.24) is 19.5 Å². The molecule has 0 bridgehead atoms. The van der Waals surface area contributed by atoms with E-state index < -0.39 is 13.3 Å². The van der Waals surface area contributed by atoms with Gasteiger partial charge in [-0.15, -0.1) is 18.2 Å². The van der Waals surface area contributed by atoms with Crippen molar-refractivity contribution in [1.29, 1.82) is 0 Å². The summed E-state index contributed by atoms with van der Waals surface area (Å²) in [5, 5.41) is 2.04. The van der Waals surface area contributed by atoms with E-state index in [0.717, 1.165) is 61.3 Å². The Morgan fingerprint density at radius 3 is 2.08 bits per heavy atom. The minimum absolute atomic E-state index is 0. The average molecular weight is 1030 g/mol. The van der Waals surface area contributed by atoms with Crippen LogP contribution in [0.2, 0.25) is 17.3 Å². The molecule has 4 heterocycles. The molecule has 4 aromatic heterocycles. The molecule has 0 fully saturated rings. The summed E-state index contributed by atoms with van der Waals surface area (Å²) < 4.78 is 10.3. The molecule has 0 amide bonds. The van der Waals surface area contributed by atoms with Gasteiger partial charge in [0, 0.05) is 50.0 Å². The van der Waals surface area contributed by atoms with E-state index in [-0.39, 0.29) is 20.1 Å². The van der Waals surface area contributed by atoms with Crippen LogP contribution in [0.5, 0.6) is 0 Å². The van der Waals surface area contributed by atoms with Gasteiger partial charge in [-0.25, -0.2) is 0 Å². The molecule has 60 heavy (non-hydrogen) atoms. The zero-order chi connectivity index (χ0) is 41.4. The van der Waals surface area contributed by atoms with E-state index in [4.69, 9.17) is 9.40 Å². The number of nitrogens with zero attached hydrogens (tertiary/aromatic N) is 4. The molecule has 9 aromatic rings. The Kier molecular flexibility index (Phi) is 12.8. The Hall–Kier alpha value is -5.14. The molecular weight excluding hydrogens is 973 g/mol. The largest absolute Gasteiger partial charge is 0.500 e. The van der Waals surface area contributed by atoms with Crippen LogP contribution in [0.4, 0.5) is 0 Å². The number of fused-ring (bicyclic) bond motifs is 4. The van der Waals surface area contributed by atoms with E-state index in [9.17, 15) is 0 Å². The number of para-hydroxylation sites is 2. The first-order chi connectivity index (χ1) is 28.4. The average Bonchev–Trinajstić information content (AvgIpc) is 3.79. The first kappa shape index (κ1) is 43.0. The first-order valence-electron chi connectivity index (χ1n) is 20.7. The molecule has 0 N–H and O–H groups in total. The second-order valence-corrected chi connectivity index (χ2v) is 28.0. The third-order valence-electron chi connectivity index (χ3n) is 11.2.